The molecule has 0 saturated carbocycles. The predicted octanol–water partition coefficient (Wildman–Crippen LogP) is 6.49. The SMILES string of the molecule is O=c1[nH]c(O)cn1-c1c(S(=O)(=O)c2ccccc2)oc2nc(-c3ccccc3Cl)c(-c3ccc(Cl)cc3)cc12. The average Bonchev–Trinajstić information content (AvgIpc) is 3.47. The van der Waals surface area contributed by atoms with Crippen LogP contribution in [-0.4, -0.2) is 28.1 Å². The zero-order chi connectivity index (χ0) is 27.3. The Balaban J connectivity index is 1.75. The molecule has 0 aliphatic rings. The smallest absolute Gasteiger partial charge is 0.333 e. The number of hydrogen-bond donors (Lipinski definition) is 2. The summed E-state index contributed by atoms with van der Waals surface area (Å²) < 4.78 is 34.5. The van der Waals surface area contributed by atoms with E-state index in [4.69, 9.17) is 32.6 Å². The summed E-state index contributed by atoms with van der Waals surface area (Å²) >= 11 is 12.7. The Labute approximate surface area is 231 Å². The van der Waals surface area contributed by atoms with Gasteiger partial charge in [0.05, 0.1) is 22.2 Å². The quantitative estimate of drug-likeness (QED) is 0.242. The number of pyridine rings is 1. The van der Waals surface area contributed by atoms with E-state index in [0.29, 0.717) is 32.4 Å². The molecule has 3 aromatic carbocycles. The Morgan fingerprint density at radius 2 is 1.59 bits per heavy atom. The van der Waals surface area contributed by atoms with E-state index in [1.165, 1.54) is 12.1 Å². The topological polar surface area (TPSA) is 118 Å². The molecular weight excluding hydrogens is 561 g/mol. The maximum Gasteiger partial charge on any atom is 0.333 e. The molecular formula is C28H17Cl2N3O5S. The maximum absolute atomic E-state index is 13.8. The van der Waals surface area contributed by atoms with Gasteiger partial charge in [0, 0.05) is 21.2 Å². The second-order valence-corrected chi connectivity index (χ2v) is 11.3. The third-order valence-corrected chi connectivity index (χ3v) is 8.39. The number of aromatic hydroxyl groups is 1. The van der Waals surface area contributed by atoms with Crippen LogP contribution in [0.15, 0.2) is 110 Å². The van der Waals surface area contributed by atoms with Gasteiger partial charge in [-0.2, -0.15) is 0 Å². The monoisotopic (exact) mass is 577 g/mol. The molecule has 8 nitrogen and oxygen atoms in total. The number of rotatable bonds is 5. The van der Waals surface area contributed by atoms with E-state index in [0.717, 1.165) is 10.8 Å². The molecule has 0 atom stereocenters. The first kappa shape index (κ1) is 25.0. The van der Waals surface area contributed by atoms with Gasteiger partial charge in [0.15, 0.2) is 0 Å². The van der Waals surface area contributed by atoms with Crippen LogP contribution in [-0.2, 0) is 9.84 Å². The predicted molar refractivity (Wildman–Crippen MR) is 148 cm³/mol. The fourth-order valence-corrected chi connectivity index (χ4v) is 6.10. The largest absolute Gasteiger partial charge is 0.493 e. The molecule has 6 rings (SSSR count). The highest BCUT2D eigenvalue weighted by atomic mass is 35.5. The second kappa shape index (κ2) is 9.46. The first-order chi connectivity index (χ1) is 18.7. The molecule has 0 spiro atoms. The van der Waals surface area contributed by atoms with Gasteiger partial charge < -0.3 is 9.52 Å². The first-order valence-electron chi connectivity index (χ1n) is 11.5. The first-order valence-corrected chi connectivity index (χ1v) is 13.8. The molecule has 0 radical (unpaired) electrons. The molecule has 3 aromatic heterocycles. The average molecular weight is 578 g/mol. The molecule has 0 bridgehead atoms. The number of fused-ring (bicyclic) bond motifs is 1. The number of aromatic nitrogens is 3. The van der Waals surface area contributed by atoms with Crippen molar-refractivity contribution < 1.29 is 17.9 Å². The number of nitrogens with one attached hydrogen (secondary N) is 1. The van der Waals surface area contributed by atoms with Gasteiger partial charge in [-0.3, -0.25) is 9.55 Å². The summed E-state index contributed by atoms with van der Waals surface area (Å²) in [6.07, 6.45) is 1.08. The molecule has 2 N–H and O–H groups in total. The molecule has 0 aliphatic carbocycles. The lowest BCUT2D eigenvalue weighted by Crippen LogP contribution is -2.16. The fraction of sp³-hybridized carbons (Fsp3) is 0. The van der Waals surface area contributed by atoms with Crippen LogP contribution in [0.25, 0.3) is 39.2 Å². The van der Waals surface area contributed by atoms with Gasteiger partial charge in [0.2, 0.25) is 26.5 Å². The molecule has 6 aromatic rings. The standard InChI is InChI=1S/C28H17Cl2N3O5S/c29-17-12-10-16(11-13-17)20-14-21-25(33-15-23(34)31-28(33)35)27(39(36,37)18-6-2-1-3-7-18)38-26(21)32-24(20)19-8-4-5-9-22(19)30/h1-15,34H,(H,31,35). The van der Waals surface area contributed by atoms with Crippen LogP contribution in [0.2, 0.25) is 10.0 Å². The number of hydrogen-bond acceptors (Lipinski definition) is 6. The van der Waals surface area contributed by atoms with Gasteiger partial charge in [-0.05, 0) is 42.0 Å². The number of halogens is 2. The van der Waals surface area contributed by atoms with Crippen LogP contribution in [0, 0.1) is 0 Å². The van der Waals surface area contributed by atoms with Crippen LogP contribution >= 0.6 is 23.2 Å². The van der Waals surface area contributed by atoms with Gasteiger partial charge in [-0.1, -0.05) is 71.7 Å². The minimum atomic E-state index is -4.26. The Kier molecular flexibility index (Phi) is 6.06. The van der Waals surface area contributed by atoms with Crippen LogP contribution < -0.4 is 5.69 Å². The van der Waals surface area contributed by atoms with E-state index >= 15 is 0 Å². The summed E-state index contributed by atoms with van der Waals surface area (Å²) in [7, 11) is -4.26. The Morgan fingerprint density at radius 1 is 0.897 bits per heavy atom. The Hall–Kier alpha value is -4.31. The number of sulfone groups is 1. The lowest BCUT2D eigenvalue weighted by atomic mass is 9.98. The number of aromatic amines is 1. The van der Waals surface area contributed by atoms with Crippen molar-refractivity contribution in [3.8, 4) is 34.0 Å². The summed E-state index contributed by atoms with van der Waals surface area (Å²) in [5.41, 5.74) is 1.43. The van der Waals surface area contributed by atoms with Gasteiger partial charge in [-0.25, -0.2) is 18.2 Å². The number of H-pyrrole nitrogens is 1. The van der Waals surface area contributed by atoms with Crippen molar-refractivity contribution in [2.75, 3.05) is 0 Å². The van der Waals surface area contributed by atoms with Gasteiger partial charge in [-0.15, -0.1) is 0 Å². The Morgan fingerprint density at radius 3 is 2.26 bits per heavy atom. The molecule has 0 unspecified atom stereocenters. The van der Waals surface area contributed by atoms with Gasteiger partial charge >= 0.3 is 5.69 Å². The molecule has 0 aliphatic heterocycles. The zero-order valence-electron chi connectivity index (χ0n) is 19.8. The number of nitrogens with zero attached hydrogens (tertiary/aromatic N) is 2. The highest BCUT2D eigenvalue weighted by Crippen LogP contribution is 2.41. The van der Waals surface area contributed by atoms with E-state index in [1.54, 1.807) is 72.8 Å². The third kappa shape index (κ3) is 4.30. The minimum absolute atomic E-state index is 0.0395. The minimum Gasteiger partial charge on any atom is -0.493 e. The van der Waals surface area contributed by atoms with E-state index in [1.807, 2.05) is 0 Å². The summed E-state index contributed by atoms with van der Waals surface area (Å²) in [4.78, 5) is 19.7. The summed E-state index contributed by atoms with van der Waals surface area (Å²) in [6, 6.07) is 23.5. The molecule has 0 amide bonds. The van der Waals surface area contributed by atoms with Crippen molar-refractivity contribution in [3.05, 3.63) is 112 Å². The van der Waals surface area contributed by atoms with Crippen molar-refractivity contribution >= 4 is 44.1 Å². The van der Waals surface area contributed by atoms with Crippen LogP contribution in [0.3, 0.4) is 0 Å². The maximum atomic E-state index is 13.8. The summed E-state index contributed by atoms with van der Waals surface area (Å²) in [5, 5.41) is 10.7. The second-order valence-electron chi connectivity index (χ2n) is 8.59. The normalized spacial score (nSPS) is 11.7. The highest BCUT2D eigenvalue weighted by Gasteiger charge is 2.32. The zero-order valence-corrected chi connectivity index (χ0v) is 22.1. The van der Waals surface area contributed by atoms with Gasteiger partial charge in [0.25, 0.3) is 0 Å². The lowest BCUT2D eigenvalue weighted by Gasteiger charge is -2.11. The fourth-order valence-electron chi connectivity index (χ4n) is 4.36. The van der Waals surface area contributed by atoms with Gasteiger partial charge in [0.1, 0.15) is 5.69 Å². The molecule has 0 fully saturated rings. The molecule has 194 valence electrons. The van der Waals surface area contributed by atoms with Crippen molar-refractivity contribution in [1.82, 2.24) is 14.5 Å². The highest BCUT2D eigenvalue weighted by molar-refractivity contribution is 7.91. The molecule has 39 heavy (non-hydrogen) atoms. The van der Waals surface area contributed by atoms with Crippen molar-refractivity contribution in [3.63, 3.8) is 0 Å². The van der Waals surface area contributed by atoms with Crippen LogP contribution in [0.4, 0.5) is 0 Å². The molecule has 3 heterocycles. The number of benzene rings is 3. The Bertz CT molecular complexity index is 2030. The van der Waals surface area contributed by atoms with E-state index in [-0.39, 0.29) is 21.7 Å². The summed E-state index contributed by atoms with van der Waals surface area (Å²) in [6.45, 7) is 0. The van der Waals surface area contributed by atoms with Crippen molar-refractivity contribution in [1.29, 1.82) is 0 Å². The van der Waals surface area contributed by atoms with Crippen LogP contribution in [0.5, 0.6) is 5.88 Å². The van der Waals surface area contributed by atoms with Crippen molar-refractivity contribution in [2.24, 2.45) is 0 Å². The van der Waals surface area contributed by atoms with E-state index in [2.05, 4.69) is 4.98 Å². The van der Waals surface area contributed by atoms with Crippen LogP contribution in [0.1, 0.15) is 0 Å². The third-order valence-electron chi connectivity index (χ3n) is 6.15. The van der Waals surface area contributed by atoms with E-state index < -0.39 is 26.5 Å². The lowest BCUT2D eigenvalue weighted by molar-refractivity contribution is 0.455. The van der Waals surface area contributed by atoms with Crippen molar-refractivity contribution in [2.45, 2.75) is 9.99 Å². The molecule has 0 saturated heterocycles. The summed E-state index contributed by atoms with van der Waals surface area (Å²) in [5.74, 6) is -0.448. The molecule has 11 heteroatoms. The number of furan rings is 1. The number of imidazole rings is 1. The van der Waals surface area contributed by atoms with E-state index in [9.17, 15) is 18.3 Å².